The van der Waals surface area contributed by atoms with Crippen LogP contribution in [0.15, 0.2) is 48.7 Å². The maximum atomic E-state index is 15.2. The quantitative estimate of drug-likeness (QED) is 0.193. The Balaban J connectivity index is 1.33. The van der Waals surface area contributed by atoms with Gasteiger partial charge in [-0.3, -0.25) is 14.4 Å². The summed E-state index contributed by atoms with van der Waals surface area (Å²) in [5.74, 6) is 2.51. The summed E-state index contributed by atoms with van der Waals surface area (Å²) < 4.78 is 25.5. The van der Waals surface area contributed by atoms with Gasteiger partial charge in [-0.05, 0) is 81.1 Å². The van der Waals surface area contributed by atoms with E-state index in [2.05, 4.69) is 34.8 Å². The Morgan fingerprint density at radius 1 is 1.09 bits per heavy atom. The van der Waals surface area contributed by atoms with Crippen LogP contribution in [0.1, 0.15) is 60.8 Å². The summed E-state index contributed by atoms with van der Waals surface area (Å²) in [5.41, 5.74) is 3.66. The molecule has 1 N–H and O–H groups in total. The normalized spacial score (nSPS) is 17.7. The molecule has 0 spiro atoms. The topological polar surface area (TPSA) is 117 Å². The molecule has 0 radical (unpaired) electrons. The Morgan fingerprint density at radius 3 is 2.70 bits per heavy atom. The number of aromatic nitrogens is 6. The minimum atomic E-state index is -0.529. The second-order valence-electron chi connectivity index (χ2n) is 14.4. The van der Waals surface area contributed by atoms with Crippen molar-refractivity contribution in [3.8, 4) is 35.4 Å². The molecule has 1 unspecified atom stereocenters. The highest BCUT2D eigenvalue weighted by Gasteiger charge is 2.39. The van der Waals surface area contributed by atoms with Gasteiger partial charge in [0.25, 0.3) is 5.91 Å². The molecule has 0 saturated carbocycles. The monoisotopic (exact) mass is 715 g/mol. The second kappa shape index (κ2) is 13.3. The van der Waals surface area contributed by atoms with E-state index in [1.165, 1.54) is 11.0 Å². The first kappa shape index (κ1) is 34.4. The number of fused-ring (bicyclic) bond motifs is 5. The first-order valence-electron chi connectivity index (χ1n) is 18.1. The van der Waals surface area contributed by atoms with E-state index in [1.807, 2.05) is 22.9 Å². The molecule has 2 aromatic carbocycles. The lowest BCUT2D eigenvalue weighted by atomic mass is 9.92. The zero-order valence-electron chi connectivity index (χ0n) is 30.4. The van der Waals surface area contributed by atoms with Gasteiger partial charge in [-0.1, -0.05) is 25.3 Å². The van der Waals surface area contributed by atoms with E-state index in [9.17, 15) is 9.90 Å². The number of hydrogen-bond donors (Lipinski definition) is 1. The number of terminal acetylenes is 1. The van der Waals surface area contributed by atoms with Crippen LogP contribution in [0.25, 0.3) is 38.4 Å². The molecule has 1 amide bonds. The Hall–Kier alpha value is -5.74. The first-order valence-corrected chi connectivity index (χ1v) is 18.1. The summed E-state index contributed by atoms with van der Waals surface area (Å²) in [6.07, 6.45) is 12.5. The number of carbonyl (C=O) groups excluding carboxylic acids is 1. The van der Waals surface area contributed by atoms with Crippen molar-refractivity contribution >= 4 is 38.9 Å². The van der Waals surface area contributed by atoms with E-state index >= 15 is 4.39 Å². The average Bonchev–Trinajstić information content (AvgIpc) is 3.85. The van der Waals surface area contributed by atoms with Crippen molar-refractivity contribution in [1.82, 2.24) is 39.2 Å². The SMILES string of the molecule is C#Cc1c(F)ccc2cc(O)cc(-c3cc4nc(OCC5(CCC)CCCN5C)nc(N5CCCn6nc(C(=O)N(C)C)cc6C5)c4c4ccnn34)c12. The van der Waals surface area contributed by atoms with Crippen molar-refractivity contribution in [3.05, 3.63) is 71.4 Å². The third kappa shape index (κ3) is 5.87. The summed E-state index contributed by atoms with van der Waals surface area (Å²) in [5, 5.41) is 22.1. The highest BCUT2D eigenvalue weighted by molar-refractivity contribution is 6.07. The maximum absolute atomic E-state index is 15.2. The molecule has 2 aliphatic heterocycles. The average molecular weight is 716 g/mol. The highest BCUT2D eigenvalue weighted by atomic mass is 19.1. The van der Waals surface area contributed by atoms with Gasteiger partial charge in [0.1, 0.15) is 24.0 Å². The third-order valence-electron chi connectivity index (χ3n) is 10.8. The van der Waals surface area contributed by atoms with E-state index in [4.69, 9.17) is 26.2 Å². The Labute approximate surface area is 306 Å². The number of amides is 1. The van der Waals surface area contributed by atoms with Gasteiger partial charge in [0, 0.05) is 38.1 Å². The Bertz CT molecular complexity index is 2450. The fourth-order valence-corrected chi connectivity index (χ4v) is 8.21. The first-order chi connectivity index (χ1) is 25.6. The summed E-state index contributed by atoms with van der Waals surface area (Å²) >= 11 is 0. The van der Waals surface area contributed by atoms with Gasteiger partial charge in [-0.2, -0.15) is 20.2 Å². The van der Waals surface area contributed by atoms with Crippen molar-refractivity contribution < 1.29 is 19.0 Å². The number of anilines is 1. The van der Waals surface area contributed by atoms with Gasteiger partial charge in [0.15, 0.2) is 5.69 Å². The number of likely N-dealkylation sites (tertiary alicyclic amines) is 1. The summed E-state index contributed by atoms with van der Waals surface area (Å²) in [6, 6.07) is 11.9. The van der Waals surface area contributed by atoms with Gasteiger partial charge in [-0.25, -0.2) is 8.91 Å². The Morgan fingerprint density at radius 2 is 1.94 bits per heavy atom. The van der Waals surface area contributed by atoms with Crippen LogP contribution < -0.4 is 9.64 Å². The minimum Gasteiger partial charge on any atom is -0.508 e. The molecule has 1 atom stereocenters. The van der Waals surface area contributed by atoms with Crippen LogP contribution in [-0.2, 0) is 13.1 Å². The van der Waals surface area contributed by atoms with Crippen LogP contribution in [0.4, 0.5) is 10.2 Å². The van der Waals surface area contributed by atoms with Gasteiger partial charge in [0.2, 0.25) is 0 Å². The van der Waals surface area contributed by atoms with E-state index in [0.717, 1.165) is 49.7 Å². The third-order valence-corrected chi connectivity index (χ3v) is 10.8. The molecule has 1 saturated heterocycles. The molecule has 13 heteroatoms. The van der Waals surface area contributed by atoms with Gasteiger partial charge >= 0.3 is 6.01 Å². The molecule has 53 heavy (non-hydrogen) atoms. The molecule has 4 aromatic heterocycles. The standard InChI is InChI=1S/C40H42FN9O3/c1-6-13-40(14-8-16-47(40)5)24-53-39-43-31-22-34(29-21-27(51)19-25-10-11-30(41)28(7-2)35(25)29)50-33(12-15-42-50)36(31)37(44-39)48-17-9-18-49-26(23-48)20-32(45-49)38(52)46(3)4/h2,10-12,15,19-22,51H,6,8-9,13-14,16-18,23-24H2,1,3-5H3. The summed E-state index contributed by atoms with van der Waals surface area (Å²) in [7, 11) is 5.59. The predicted molar refractivity (Wildman–Crippen MR) is 202 cm³/mol. The zero-order chi connectivity index (χ0) is 37.0. The lowest BCUT2D eigenvalue weighted by Crippen LogP contribution is -2.46. The maximum Gasteiger partial charge on any atom is 0.319 e. The fraction of sp³-hybridized carbons (Fsp3) is 0.375. The summed E-state index contributed by atoms with van der Waals surface area (Å²) in [4.78, 5) is 29.1. The molecule has 6 heterocycles. The summed E-state index contributed by atoms with van der Waals surface area (Å²) in [6.45, 7) is 5.41. The van der Waals surface area contributed by atoms with Crippen molar-refractivity contribution in [1.29, 1.82) is 0 Å². The number of aromatic hydroxyl groups is 1. The minimum absolute atomic E-state index is 0.00471. The smallest absolute Gasteiger partial charge is 0.319 e. The molecule has 1 fully saturated rings. The van der Waals surface area contributed by atoms with Crippen molar-refractivity contribution in [2.75, 3.05) is 45.7 Å². The van der Waals surface area contributed by atoms with Crippen LogP contribution in [-0.4, -0.2) is 96.6 Å². The molecular formula is C40H42FN9O3. The van der Waals surface area contributed by atoms with Crippen LogP contribution in [0, 0.1) is 18.2 Å². The van der Waals surface area contributed by atoms with Crippen molar-refractivity contribution in [2.24, 2.45) is 0 Å². The van der Waals surface area contributed by atoms with Gasteiger partial charge in [-0.15, -0.1) is 6.42 Å². The lowest BCUT2D eigenvalue weighted by molar-refractivity contribution is 0.0821. The molecule has 8 rings (SSSR count). The van der Waals surface area contributed by atoms with Crippen LogP contribution in [0.2, 0.25) is 0 Å². The number of pyridine rings is 1. The molecule has 0 aliphatic carbocycles. The van der Waals surface area contributed by atoms with Crippen LogP contribution in [0.5, 0.6) is 11.8 Å². The number of hydrogen-bond acceptors (Lipinski definition) is 9. The highest BCUT2D eigenvalue weighted by Crippen LogP contribution is 2.40. The van der Waals surface area contributed by atoms with Crippen molar-refractivity contribution in [2.45, 2.75) is 57.7 Å². The van der Waals surface area contributed by atoms with E-state index in [0.29, 0.717) is 70.8 Å². The number of likely N-dealkylation sites (N-methyl/N-ethyl adjacent to an activating group) is 1. The molecular weight excluding hydrogens is 673 g/mol. The Kier molecular flexibility index (Phi) is 8.65. The molecule has 0 bridgehead atoms. The number of carbonyl (C=O) groups is 1. The molecule has 2 aliphatic rings. The number of ether oxygens (including phenoxy) is 1. The zero-order valence-corrected chi connectivity index (χ0v) is 30.4. The van der Waals surface area contributed by atoms with Crippen molar-refractivity contribution in [3.63, 3.8) is 0 Å². The number of aryl methyl sites for hydroxylation is 1. The van der Waals surface area contributed by atoms with E-state index in [-0.39, 0.29) is 28.8 Å². The number of phenolic OH excluding ortho intramolecular Hbond substituents is 1. The van der Waals surface area contributed by atoms with Gasteiger partial charge < -0.3 is 19.6 Å². The second-order valence-corrected chi connectivity index (χ2v) is 14.4. The van der Waals surface area contributed by atoms with E-state index in [1.54, 1.807) is 43.0 Å². The molecule has 6 aromatic rings. The largest absolute Gasteiger partial charge is 0.508 e. The number of rotatable bonds is 8. The number of nitrogens with zero attached hydrogens (tertiary/aromatic N) is 9. The fourth-order valence-electron chi connectivity index (χ4n) is 8.21. The molecule has 12 nitrogen and oxygen atoms in total. The van der Waals surface area contributed by atoms with Gasteiger partial charge in [0.05, 0.1) is 51.7 Å². The van der Waals surface area contributed by atoms with Crippen LogP contribution in [0.3, 0.4) is 0 Å². The predicted octanol–water partition coefficient (Wildman–Crippen LogP) is 5.88. The van der Waals surface area contributed by atoms with Crippen LogP contribution >= 0.6 is 0 Å². The lowest BCUT2D eigenvalue weighted by Gasteiger charge is -2.35. The van der Waals surface area contributed by atoms with E-state index < -0.39 is 5.82 Å². The number of benzene rings is 2. The number of halogens is 1. The molecule has 272 valence electrons. The number of phenols is 1.